The second kappa shape index (κ2) is 15.3. The van der Waals surface area contributed by atoms with Crippen LogP contribution in [0.15, 0.2) is 205 Å². The van der Waals surface area contributed by atoms with Gasteiger partial charge in [-0.25, -0.2) is 19.9 Å². The molecule has 0 saturated carbocycles. The van der Waals surface area contributed by atoms with Gasteiger partial charge in [-0.1, -0.05) is 152 Å². The highest BCUT2D eigenvalue weighted by atomic mass is 16.3. The number of hydrogen-bond acceptors (Lipinski definition) is 5. The Hall–Kier alpha value is -9.00. The predicted molar refractivity (Wildman–Crippen MR) is 288 cm³/mol. The Kier molecular flexibility index (Phi) is 8.51. The molecule has 4 aromatic heterocycles. The molecule has 0 bridgehead atoms. The van der Waals surface area contributed by atoms with E-state index < -0.39 is 0 Å². The van der Waals surface area contributed by atoms with Crippen molar-refractivity contribution in [2.75, 3.05) is 0 Å². The standard InChI is InChI=1S/C64H41N5O/c1-2-15-41-35-42(31-27-38(41)13-1)54-37-57-59(48-18-6-5-17-46(48)54)50-19-7-9-24-56(50)69(57)55-25-12-21-45-47(55)22-11-23-49(45)62-66-61(43-32-30-40-29-28-39-14-3-4-16-44(39)53(40)36-43)67-63(68-62)52-33-34-65-64-60(52)51-20-8-10-26-58(51)70-64/h1-2,5-13,15,17-37H,3-4,14,16H2. The first-order chi connectivity index (χ1) is 34.7. The van der Waals surface area contributed by atoms with Crippen molar-refractivity contribution in [1.82, 2.24) is 24.5 Å². The van der Waals surface area contributed by atoms with Gasteiger partial charge in [-0.15, -0.1) is 0 Å². The van der Waals surface area contributed by atoms with E-state index in [0.29, 0.717) is 23.2 Å². The highest BCUT2D eigenvalue weighted by Gasteiger charge is 2.23. The van der Waals surface area contributed by atoms with Crippen LogP contribution in [-0.2, 0) is 12.8 Å². The molecule has 0 radical (unpaired) electrons. The van der Waals surface area contributed by atoms with Gasteiger partial charge in [-0.05, 0) is 128 Å². The lowest BCUT2D eigenvalue weighted by Crippen LogP contribution is -2.04. The van der Waals surface area contributed by atoms with Crippen LogP contribution in [0.2, 0.25) is 0 Å². The third-order valence-corrected chi connectivity index (χ3v) is 14.9. The van der Waals surface area contributed by atoms with Gasteiger partial charge in [0.1, 0.15) is 5.58 Å². The molecule has 0 atom stereocenters. The van der Waals surface area contributed by atoms with Crippen molar-refractivity contribution in [1.29, 1.82) is 0 Å². The molecule has 6 nitrogen and oxygen atoms in total. The maximum absolute atomic E-state index is 6.30. The third kappa shape index (κ3) is 5.93. The molecule has 70 heavy (non-hydrogen) atoms. The smallest absolute Gasteiger partial charge is 0.228 e. The summed E-state index contributed by atoms with van der Waals surface area (Å²) in [6.45, 7) is 0. The highest BCUT2D eigenvalue weighted by Crippen LogP contribution is 2.44. The number of pyridine rings is 1. The van der Waals surface area contributed by atoms with Crippen molar-refractivity contribution in [3.8, 4) is 51.0 Å². The Morgan fingerprint density at radius 2 is 1.09 bits per heavy atom. The van der Waals surface area contributed by atoms with E-state index in [0.717, 1.165) is 73.4 Å². The van der Waals surface area contributed by atoms with Gasteiger partial charge in [-0.3, -0.25) is 0 Å². The largest absolute Gasteiger partial charge is 0.438 e. The third-order valence-electron chi connectivity index (χ3n) is 14.9. The summed E-state index contributed by atoms with van der Waals surface area (Å²) in [6.07, 6.45) is 6.42. The Balaban J connectivity index is 0.978. The minimum Gasteiger partial charge on any atom is -0.438 e. The number of aryl methyl sites for hydroxylation is 2. The van der Waals surface area contributed by atoms with Gasteiger partial charge in [0.05, 0.1) is 22.1 Å². The number of para-hydroxylation sites is 2. The van der Waals surface area contributed by atoms with Crippen LogP contribution in [0.25, 0.3) is 138 Å². The molecule has 14 aromatic rings. The predicted octanol–water partition coefficient (Wildman–Crippen LogP) is 16.4. The molecule has 10 aromatic carbocycles. The van der Waals surface area contributed by atoms with E-state index in [1.54, 1.807) is 6.20 Å². The van der Waals surface area contributed by atoms with Gasteiger partial charge in [0.25, 0.3) is 0 Å². The molecule has 4 heterocycles. The monoisotopic (exact) mass is 895 g/mol. The maximum atomic E-state index is 6.30. The van der Waals surface area contributed by atoms with E-state index in [-0.39, 0.29) is 0 Å². The zero-order chi connectivity index (χ0) is 45.9. The van der Waals surface area contributed by atoms with Crippen LogP contribution in [0.1, 0.15) is 24.0 Å². The average Bonchev–Trinajstić information content (AvgIpc) is 3.98. The van der Waals surface area contributed by atoms with Crippen molar-refractivity contribution in [3.63, 3.8) is 0 Å². The molecular weight excluding hydrogens is 855 g/mol. The lowest BCUT2D eigenvalue weighted by Gasteiger charge is -2.18. The van der Waals surface area contributed by atoms with Crippen LogP contribution in [0.5, 0.6) is 0 Å². The van der Waals surface area contributed by atoms with E-state index in [2.05, 4.69) is 179 Å². The van der Waals surface area contributed by atoms with Gasteiger partial charge >= 0.3 is 0 Å². The highest BCUT2D eigenvalue weighted by molar-refractivity contribution is 6.25. The van der Waals surface area contributed by atoms with E-state index in [9.17, 15) is 0 Å². The molecular formula is C64H41N5O. The summed E-state index contributed by atoms with van der Waals surface area (Å²) < 4.78 is 8.76. The number of aromatic nitrogens is 5. The minimum atomic E-state index is 0.553. The van der Waals surface area contributed by atoms with Crippen LogP contribution in [-0.4, -0.2) is 24.5 Å². The number of rotatable bonds is 5. The normalized spacial score (nSPS) is 12.9. The Morgan fingerprint density at radius 1 is 0.400 bits per heavy atom. The number of hydrogen-bond donors (Lipinski definition) is 0. The fourth-order valence-electron chi connectivity index (χ4n) is 11.7. The van der Waals surface area contributed by atoms with Gasteiger partial charge < -0.3 is 8.98 Å². The van der Waals surface area contributed by atoms with Gasteiger partial charge in [-0.2, -0.15) is 0 Å². The molecule has 328 valence electrons. The first kappa shape index (κ1) is 39.0. The molecule has 0 fully saturated rings. The van der Waals surface area contributed by atoms with Crippen molar-refractivity contribution in [2.24, 2.45) is 0 Å². The second-order valence-electron chi connectivity index (χ2n) is 18.7. The summed E-state index contributed by atoms with van der Waals surface area (Å²) in [4.78, 5) is 20.8. The van der Waals surface area contributed by atoms with Crippen LogP contribution in [0.4, 0.5) is 0 Å². The summed E-state index contributed by atoms with van der Waals surface area (Å²) in [6, 6.07) is 70.1. The van der Waals surface area contributed by atoms with Crippen molar-refractivity contribution in [3.05, 3.63) is 211 Å². The second-order valence-corrected chi connectivity index (χ2v) is 18.7. The van der Waals surface area contributed by atoms with Crippen molar-refractivity contribution in [2.45, 2.75) is 25.7 Å². The lowest BCUT2D eigenvalue weighted by molar-refractivity contribution is 0.654. The van der Waals surface area contributed by atoms with E-state index in [1.807, 2.05) is 24.3 Å². The number of nitrogens with zero attached hydrogens (tertiary/aromatic N) is 5. The number of benzene rings is 10. The first-order valence-electron chi connectivity index (χ1n) is 24.2. The van der Waals surface area contributed by atoms with E-state index >= 15 is 0 Å². The zero-order valence-corrected chi connectivity index (χ0v) is 38.0. The zero-order valence-electron chi connectivity index (χ0n) is 38.0. The molecule has 0 saturated heterocycles. The van der Waals surface area contributed by atoms with Crippen LogP contribution in [0.3, 0.4) is 0 Å². The van der Waals surface area contributed by atoms with Crippen molar-refractivity contribution >= 4 is 87.0 Å². The van der Waals surface area contributed by atoms with Gasteiger partial charge in [0.2, 0.25) is 5.71 Å². The van der Waals surface area contributed by atoms with Crippen LogP contribution >= 0.6 is 0 Å². The van der Waals surface area contributed by atoms with Crippen LogP contribution < -0.4 is 0 Å². The SMILES string of the molecule is c1ccc2cc(-c3cc4c(c5ccccc35)c3ccccc3n4-c3cccc4c(-c5nc(-c6ccc7ccc8c(c7c6)CCCC8)nc(-c6ccnc7oc8ccccc8c67)n5)cccc34)ccc2c1. The molecule has 0 amide bonds. The first-order valence-corrected chi connectivity index (χ1v) is 24.2. The quantitative estimate of drug-likeness (QED) is 0.172. The molecule has 1 aliphatic rings. The van der Waals surface area contributed by atoms with Crippen molar-refractivity contribution < 1.29 is 4.42 Å². The minimum absolute atomic E-state index is 0.553. The molecule has 0 N–H and O–H groups in total. The van der Waals surface area contributed by atoms with E-state index in [4.69, 9.17) is 19.4 Å². The fourth-order valence-corrected chi connectivity index (χ4v) is 11.7. The summed E-state index contributed by atoms with van der Waals surface area (Å²) >= 11 is 0. The summed E-state index contributed by atoms with van der Waals surface area (Å²) in [5, 5.41) is 13.9. The van der Waals surface area contributed by atoms with Gasteiger partial charge in [0, 0.05) is 44.4 Å². The maximum Gasteiger partial charge on any atom is 0.228 e. The summed E-state index contributed by atoms with van der Waals surface area (Å²) in [7, 11) is 0. The summed E-state index contributed by atoms with van der Waals surface area (Å²) in [5.41, 5.74) is 12.7. The fraction of sp³-hybridized carbons (Fsp3) is 0.0625. The Morgan fingerprint density at radius 3 is 2.01 bits per heavy atom. The van der Waals surface area contributed by atoms with Gasteiger partial charge in [0.15, 0.2) is 17.5 Å². The summed E-state index contributed by atoms with van der Waals surface area (Å²) in [5.74, 6) is 1.79. The van der Waals surface area contributed by atoms with Crippen LogP contribution in [0, 0.1) is 0 Å². The van der Waals surface area contributed by atoms with E-state index in [1.165, 1.54) is 78.2 Å². The molecule has 1 aliphatic carbocycles. The molecule has 0 spiro atoms. The molecule has 15 rings (SSSR count). The number of fused-ring (bicyclic) bond motifs is 13. The molecule has 0 unspecified atom stereocenters. The average molecular weight is 896 g/mol. The topological polar surface area (TPSA) is 69.6 Å². The number of furan rings is 1. The molecule has 0 aliphatic heterocycles. The Labute approximate surface area is 402 Å². The Bertz CT molecular complexity index is 4500. The lowest BCUT2D eigenvalue weighted by atomic mass is 9.87. The molecule has 6 heteroatoms.